The fraction of sp³-hybridized carbons (Fsp3) is 0.333. The van der Waals surface area contributed by atoms with Crippen LogP contribution in [0.25, 0.3) is 0 Å². The maximum Gasteiger partial charge on any atom is 0.326 e. The van der Waals surface area contributed by atoms with Crippen LogP contribution in [0.3, 0.4) is 0 Å². The molecule has 0 fully saturated rings. The molecule has 0 saturated heterocycles. The average molecular weight is 256 g/mol. The molecule has 1 amide bonds. The highest BCUT2D eigenvalue weighted by Crippen LogP contribution is 2.09. The number of aliphatic carboxylic acids is 1. The van der Waals surface area contributed by atoms with Gasteiger partial charge in [0, 0.05) is 13.5 Å². The molecule has 0 aliphatic carbocycles. The second kappa shape index (κ2) is 6.25. The molecule has 92 valence electrons. The number of carbonyl (C=O) groups is 2. The smallest absolute Gasteiger partial charge is 0.326 e. The highest BCUT2D eigenvalue weighted by Gasteiger charge is 2.26. The first-order valence-corrected chi connectivity index (χ1v) is 5.68. The SMILES string of the molecule is CN(C(=O)CCl)C(Cc1ccccc1)C(=O)O. The molecule has 0 saturated carbocycles. The van der Waals surface area contributed by atoms with Gasteiger partial charge in [-0.2, -0.15) is 0 Å². The maximum absolute atomic E-state index is 11.4. The number of halogens is 1. The summed E-state index contributed by atoms with van der Waals surface area (Å²) in [5, 5.41) is 9.11. The van der Waals surface area contributed by atoms with Crippen molar-refractivity contribution in [1.82, 2.24) is 4.90 Å². The molecule has 0 aliphatic rings. The lowest BCUT2D eigenvalue weighted by Crippen LogP contribution is -2.44. The van der Waals surface area contributed by atoms with Gasteiger partial charge in [0.2, 0.25) is 5.91 Å². The van der Waals surface area contributed by atoms with Crippen molar-refractivity contribution in [3.8, 4) is 0 Å². The zero-order valence-corrected chi connectivity index (χ0v) is 10.2. The van der Waals surface area contributed by atoms with Crippen molar-refractivity contribution in [3.05, 3.63) is 35.9 Å². The molecule has 0 spiro atoms. The van der Waals surface area contributed by atoms with E-state index in [2.05, 4.69) is 0 Å². The van der Waals surface area contributed by atoms with Gasteiger partial charge in [-0.05, 0) is 5.56 Å². The topological polar surface area (TPSA) is 57.6 Å². The molecule has 0 aliphatic heterocycles. The fourth-order valence-electron chi connectivity index (χ4n) is 1.50. The molecule has 1 aromatic rings. The second-order valence-electron chi connectivity index (χ2n) is 3.68. The molecule has 1 atom stereocenters. The second-order valence-corrected chi connectivity index (χ2v) is 3.95. The van der Waals surface area contributed by atoms with Gasteiger partial charge in [0.25, 0.3) is 0 Å². The Kier molecular flexibility index (Phi) is 4.97. The molecule has 17 heavy (non-hydrogen) atoms. The Balaban J connectivity index is 2.81. The summed E-state index contributed by atoms with van der Waals surface area (Å²) in [6.45, 7) is 0. The minimum absolute atomic E-state index is 0.213. The predicted octanol–water partition coefficient (Wildman–Crippen LogP) is 1.38. The lowest BCUT2D eigenvalue weighted by molar-refractivity contribution is -0.148. The number of hydrogen-bond acceptors (Lipinski definition) is 2. The Bertz CT molecular complexity index is 394. The number of likely N-dealkylation sites (N-methyl/N-ethyl adjacent to an activating group) is 1. The molecular formula is C12H14ClNO3. The van der Waals surface area contributed by atoms with Gasteiger partial charge in [0.1, 0.15) is 11.9 Å². The summed E-state index contributed by atoms with van der Waals surface area (Å²) in [6, 6.07) is 8.29. The minimum Gasteiger partial charge on any atom is -0.480 e. The monoisotopic (exact) mass is 255 g/mol. The van der Waals surface area contributed by atoms with Gasteiger partial charge in [0.15, 0.2) is 0 Å². The van der Waals surface area contributed by atoms with E-state index in [1.165, 1.54) is 11.9 Å². The summed E-state index contributed by atoms with van der Waals surface area (Å²) < 4.78 is 0. The fourth-order valence-corrected chi connectivity index (χ4v) is 1.68. The number of carbonyl (C=O) groups excluding carboxylic acids is 1. The summed E-state index contributed by atoms with van der Waals surface area (Å²) >= 11 is 5.41. The quantitative estimate of drug-likeness (QED) is 0.809. The summed E-state index contributed by atoms with van der Waals surface area (Å²) in [4.78, 5) is 23.7. The van der Waals surface area contributed by atoms with Gasteiger partial charge in [-0.3, -0.25) is 4.79 Å². The van der Waals surface area contributed by atoms with Gasteiger partial charge in [-0.1, -0.05) is 30.3 Å². The van der Waals surface area contributed by atoms with Crippen molar-refractivity contribution >= 4 is 23.5 Å². The normalized spacial score (nSPS) is 11.9. The molecule has 1 unspecified atom stereocenters. The Morgan fingerprint density at radius 1 is 1.35 bits per heavy atom. The third-order valence-electron chi connectivity index (χ3n) is 2.53. The number of hydrogen-bond donors (Lipinski definition) is 1. The molecule has 0 radical (unpaired) electrons. The molecule has 1 rings (SSSR count). The Morgan fingerprint density at radius 3 is 2.41 bits per heavy atom. The summed E-state index contributed by atoms with van der Waals surface area (Å²) in [7, 11) is 1.45. The number of nitrogens with zero attached hydrogens (tertiary/aromatic N) is 1. The third-order valence-corrected chi connectivity index (χ3v) is 2.76. The van der Waals surface area contributed by atoms with Crippen molar-refractivity contribution in [3.63, 3.8) is 0 Å². The first-order valence-electron chi connectivity index (χ1n) is 5.14. The van der Waals surface area contributed by atoms with Crippen LogP contribution in [0.2, 0.25) is 0 Å². The van der Waals surface area contributed by atoms with Crippen molar-refractivity contribution < 1.29 is 14.7 Å². The largest absolute Gasteiger partial charge is 0.480 e. The first-order chi connectivity index (χ1) is 8.06. The van der Waals surface area contributed by atoms with E-state index in [-0.39, 0.29) is 12.3 Å². The van der Waals surface area contributed by atoms with Crippen LogP contribution >= 0.6 is 11.6 Å². The van der Waals surface area contributed by atoms with Crippen LogP contribution in [-0.4, -0.2) is 40.9 Å². The number of rotatable bonds is 5. The van der Waals surface area contributed by atoms with Crippen molar-refractivity contribution in [2.45, 2.75) is 12.5 Å². The standard InChI is InChI=1S/C12H14ClNO3/c1-14(11(15)8-13)10(12(16)17)7-9-5-3-2-4-6-9/h2-6,10H,7-8H2,1H3,(H,16,17). The van der Waals surface area contributed by atoms with Crippen molar-refractivity contribution in [2.24, 2.45) is 0 Å². The number of alkyl halides is 1. The van der Waals surface area contributed by atoms with Crippen LogP contribution in [0.15, 0.2) is 30.3 Å². The van der Waals surface area contributed by atoms with Crippen LogP contribution in [0.1, 0.15) is 5.56 Å². The van der Waals surface area contributed by atoms with Gasteiger partial charge in [-0.25, -0.2) is 4.79 Å². The van der Waals surface area contributed by atoms with E-state index in [1.54, 1.807) is 0 Å². The lowest BCUT2D eigenvalue weighted by Gasteiger charge is -2.24. The molecule has 0 bridgehead atoms. The molecular weight excluding hydrogens is 242 g/mol. The van der Waals surface area contributed by atoms with E-state index in [0.29, 0.717) is 0 Å². The van der Waals surface area contributed by atoms with Gasteiger partial charge in [0.05, 0.1) is 0 Å². The zero-order chi connectivity index (χ0) is 12.8. The summed E-state index contributed by atoms with van der Waals surface area (Å²) in [6.07, 6.45) is 0.273. The van der Waals surface area contributed by atoms with Crippen LogP contribution in [0.4, 0.5) is 0 Å². The van der Waals surface area contributed by atoms with Gasteiger partial charge in [-0.15, -0.1) is 11.6 Å². The van der Waals surface area contributed by atoms with E-state index in [1.807, 2.05) is 30.3 Å². The summed E-state index contributed by atoms with van der Waals surface area (Å²) in [5.41, 5.74) is 0.870. The number of carboxylic acids is 1. The predicted molar refractivity (Wildman–Crippen MR) is 65.1 cm³/mol. The number of carboxylic acid groups (broad SMARTS) is 1. The average Bonchev–Trinajstić information content (AvgIpc) is 2.35. The van der Waals surface area contributed by atoms with E-state index in [4.69, 9.17) is 16.7 Å². The van der Waals surface area contributed by atoms with Crippen molar-refractivity contribution in [1.29, 1.82) is 0 Å². The third kappa shape index (κ3) is 3.75. The maximum atomic E-state index is 11.4. The van der Waals surface area contributed by atoms with Crippen molar-refractivity contribution in [2.75, 3.05) is 12.9 Å². The number of amides is 1. The van der Waals surface area contributed by atoms with Crippen LogP contribution in [-0.2, 0) is 16.0 Å². The number of benzene rings is 1. The first kappa shape index (κ1) is 13.5. The Morgan fingerprint density at radius 2 is 1.94 bits per heavy atom. The molecule has 0 aromatic heterocycles. The molecule has 1 aromatic carbocycles. The van der Waals surface area contributed by atoms with E-state index >= 15 is 0 Å². The Labute approximate surface area is 105 Å². The van der Waals surface area contributed by atoms with Crippen LogP contribution < -0.4 is 0 Å². The Hall–Kier alpha value is -1.55. The minimum atomic E-state index is -1.03. The van der Waals surface area contributed by atoms with Crippen LogP contribution in [0.5, 0.6) is 0 Å². The molecule has 0 heterocycles. The lowest BCUT2D eigenvalue weighted by atomic mass is 10.1. The molecule has 4 nitrogen and oxygen atoms in total. The van der Waals surface area contributed by atoms with E-state index in [0.717, 1.165) is 5.56 Å². The highest BCUT2D eigenvalue weighted by molar-refractivity contribution is 6.27. The zero-order valence-electron chi connectivity index (χ0n) is 9.47. The summed E-state index contributed by atoms with van der Waals surface area (Å²) in [5.74, 6) is -1.64. The van der Waals surface area contributed by atoms with E-state index < -0.39 is 17.9 Å². The molecule has 1 N–H and O–H groups in total. The highest BCUT2D eigenvalue weighted by atomic mass is 35.5. The molecule has 5 heteroatoms. The van der Waals surface area contributed by atoms with Crippen LogP contribution in [0, 0.1) is 0 Å². The van der Waals surface area contributed by atoms with Gasteiger partial charge < -0.3 is 10.0 Å². The van der Waals surface area contributed by atoms with E-state index in [9.17, 15) is 9.59 Å². The van der Waals surface area contributed by atoms with Gasteiger partial charge >= 0.3 is 5.97 Å².